The van der Waals surface area contributed by atoms with Crippen LogP contribution in [0, 0.1) is 0 Å². The van der Waals surface area contributed by atoms with Crippen LogP contribution in [-0.4, -0.2) is 45.9 Å². The molecule has 26 heavy (non-hydrogen) atoms. The number of H-pyrrole nitrogens is 1. The topological polar surface area (TPSA) is 87.6 Å². The zero-order valence-electron chi connectivity index (χ0n) is 15.4. The molecule has 1 saturated heterocycles. The van der Waals surface area contributed by atoms with Crippen LogP contribution in [0.25, 0.3) is 5.69 Å². The molecule has 2 aromatic rings. The molecule has 3 rings (SSSR count). The first kappa shape index (κ1) is 18.4. The van der Waals surface area contributed by atoms with Crippen molar-refractivity contribution in [2.75, 3.05) is 26.3 Å². The highest BCUT2D eigenvalue weighted by atomic mass is 16.5. The van der Waals surface area contributed by atoms with E-state index in [0.717, 1.165) is 24.2 Å². The number of hydrogen-bond donors (Lipinski definition) is 2. The van der Waals surface area contributed by atoms with E-state index in [2.05, 4.69) is 9.88 Å². The number of aromatic amines is 1. The summed E-state index contributed by atoms with van der Waals surface area (Å²) in [5.74, 6) is 0.255. The molecule has 7 heteroatoms. The molecule has 7 nitrogen and oxygen atoms in total. The number of morpholine rings is 1. The SMILES string of the molecule is CC(C)(C)c1cc(-n2ccc(=O)[nH]c2=O)cc(CN2CCOCC2)c1O. The summed E-state index contributed by atoms with van der Waals surface area (Å²) in [6.07, 6.45) is 1.46. The third-order valence-corrected chi connectivity index (χ3v) is 4.58. The lowest BCUT2D eigenvalue weighted by atomic mass is 9.84. The van der Waals surface area contributed by atoms with E-state index in [1.165, 1.54) is 16.8 Å². The number of hydrogen-bond acceptors (Lipinski definition) is 5. The van der Waals surface area contributed by atoms with Gasteiger partial charge in [-0.25, -0.2) is 4.79 Å². The van der Waals surface area contributed by atoms with Gasteiger partial charge in [0.05, 0.1) is 18.9 Å². The summed E-state index contributed by atoms with van der Waals surface area (Å²) < 4.78 is 6.77. The van der Waals surface area contributed by atoms with E-state index in [9.17, 15) is 14.7 Å². The second-order valence-corrected chi connectivity index (χ2v) is 7.62. The van der Waals surface area contributed by atoms with Gasteiger partial charge in [-0.05, 0) is 17.5 Å². The Morgan fingerprint density at radius 2 is 1.88 bits per heavy atom. The van der Waals surface area contributed by atoms with E-state index in [-0.39, 0.29) is 11.2 Å². The lowest BCUT2D eigenvalue weighted by Gasteiger charge is -2.29. The number of benzene rings is 1. The largest absolute Gasteiger partial charge is 0.507 e. The minimum atomic E-state index is -0.500. The number of aromatic hydroxyl groups is 1. The van der Waals surface area contributed by atoms with Gasteiger partial charge in [-0.3, -0.25) is 19.2 Å². The maximum Gasteiger partial charge on any atom is 0.332 e. The molecule has 2 N–H and O–H groups in total. The molecule has 0 unspecified atom stereocenters. The van der Waals surface area contributed by atoms with Gasteiger partial charge in [0.2, 0.25) is 0 Å². The fourth-order valence-electron chi connectivity index (χ4n) is 3.13. The predicted molar refractivity (Wildman–Crippen MR) is 99.1 cm³/mol. The molecule has 0 atom stereocenters. The summed E-state index contributed by atoms with van der Waals surface area (Å²) in [5, 5.41) is 10.8. The zero-order valence-corrected chi connectivity index (χ0v) is 15.4. The molecule has 0 amide bonds. The number of phenols is 1. The summed E-state index contributed by atoms with van der Waals surface area (Å²) in [6, 6.07) is 4.92. The van der Waals surface area contributed by atoms with Crippen molar-refractivity contribution < 1.29 is 9.84 Å². The summed E-state index contributed by atoms with van der Waals surface area (Å²) in [6.45, 7) is 9.56. The molecule has 1 aromatic heterocycles. The Morgan fingerprint density at radius 3 is 2.50 bits per heavy atom. The Kier molecular flexibility index (Phi) is 5.02. The van der Waals surface area contributed by atoms with E-state index in [1.807, 2.05) is 20.8 Å². The number of phenolic OH excluding ortho intramolecular Hbond substituents is 1. The van der Waals surface area contributed by atoms with E-state index in [0.29, 0.717) is 25.4 Å². The van der Waals surface area contributed by atoms with Crippen molar-refractivity contribution in [2.45, 2.75) is 32.7 Å². The van der Waals surface area contributed by atoms with Crippen molar-refractivity contribution >= 4 is 0 Å². The Hall–Kier alpha value is -2.38. The van der Waals surface area contributed by atoms with Gasteiger partial charge < -0.3 is 9.84 Å². The van der Waals surface area contributed by atoms with E-state index in [4.69, 9.17) is 4.74 Å². The van der Waals surface area contributed by atoms with Gasteiger partial charge in [0, 0.05) is 43.0 Å². The molecule has 0 aliphatic carbocycles. The molecule has 1 aliphatic heterocycles. The first-order chi connectivity index (χ1) is 12.3. The number of aromatic nitrogens is 2. The van der Waals surface area contributed by atoms with Crippen molar-refractivity contribution in [3.8, 4) is 11.4 Å². The normalized spacial score (nSPS) is 16.0. The van der Waals surface area contributed by atoms with Crippen LogP contribution in [0.3, 0.4) is 0 Å². The summed E-state index contributed by atoms with van der Waals surface area (Å²) in [5.41, 5.74) is 0.905. The lowest BCUT2D eigenvalue weighted by Crippen LogP contribution is -2.35. The molecule has 2 heterocycles. The van der Waals surface area contributed by atoms with Crippen LogP contribution < -0.4 is 11.2 Å². The monoisotopic (exact) mass is 359 g/mol. The molecular formula is C19H25N3O4. The van der Waals surface area contributed by atoms with Crippen LogP contribution >= 0.6 is 0 Å². The van der Waals surface area contributed by atoms with Crippen LogP contribution in [-0.2, 0) is 16.7 Å². The van der Waals surface area contributed by atoms with Crippen molar-refractivity contribution in [2.24, 2.45) is 0 Å². The number of rotatable bonds is 3. The Balaban J connectivity index is 2.11. The fourth-order valence-corrected chi connectivity index (χ4v) is 3.13. The average Bonchev–Trinajstić information content (AvgIpc) is 2.57. The highest BCUT2D eigenvalue weighted by molar-refractivity contribution is 5.52. The number of nitrogens with one attached hydrogen (secondary N) is 1. The van der Waals surface area contributed by atoms with Crippen molar-refractivity contribution in [1.82, 2.24) is 14.5 Å². The van der Waals surface area contributed by atoms with Gasteiger partial charge in [-0.15, -0.1) is 0 Å². The molecule has 140 valence electrons. The van der Waals surface area contributed by atoms with Crippen LogP contribution in [0.5, 0.6) is 5.75 Å². The summed E-state index contributed by atoms with van der Waals surface area (Å²) >= 11 is 0. The first-order valence-electron chi connectivity index (χ1n) is 8.74. The quantitative estimate of drug-likeness (QED) is 0.864. The molecule has 1 aromatic carbocycles. The second-order valence-electron chi connectivity index (χ2n) is 7.62. The molecule has 0 saturated carbocycles. The van der Waals surface area contributed by atoms with Gasteiger partial charge in [0.25, 0.3) is 5.56 Å². The van der Waals surface area contributed by atoms with E-state index in [1.54, 1.807) is 12.1 Å². The van der Waals surface area contributed by atoms with Gasteiger partial charge in [0.15, 0.2) is 0 Å². The van der Waals surface area contributed by atoms with E-state index >= 15 is 0 Å². The maximum atomic E-state index is 12.2. The molecule has 0 radical (unpaired) electrons. The van der Waals surface area contributed by atoms with Crippen LogP contribution in [0.15, 0.2) is 34.0 Å². The Labute approximate surface area is 151 Å². The molecular weight excluding hydrogens is 334 g/mol. The summed E-state index contributed by atoms with van der Waals surface area (Å²) in [4.78, 5) is 28.0. The molecule has 1 aliphatic rings. The average molecular weight is 359 g/mol. The van der Waals surface area contributed by atoms with Gasteiger partial charge in [-0.1, -0.05) is 20.8 Å². The number of ether oxygens (including phenoxy) is 1. The first-order valence-corrected chi connectivity index (χ1v) is 8.74. The minimum Gasteiger partial charge on any atom is -0.507 e. The summed E-state index contributed by atoms with van der Waals surface area (Å²) in [7, 11) is 0. The van der Waals surface area contributed by atoms with Crippen LogP contribution in [0.4, 0.5) is 0 Å². The van der Waals surface area contributed by atoms with Gasteiger partial charge in [-0.2, -0.15) is 0 Å². The van der Waals surface area contributed by atoms with Crippen molar-refractivity contribution in [3.05, 3.63) is 56.4 Å². The van der Waals surface area contributed by atoms with Crippen LogP contribution in [0.1, 0.15) is 31.9 Å². The zero-order chi connectivity index (χ0) is 18.9. The van der Waals surface area contributed by atoms with Crippen LogP contribution in [0.2, 0.25) is 0 Å². The van der Waals surface area contributed by atoms with Gasteiger partial charge in [0.1, 0.15) is 5.75 Å². The Morgan fingerprint density at radius 1 is 1.19 bits per heavy atom. The fraction of sp³-hybridized carbons (Fsp3) is 0.474. The molecule has 1 fully saturated rings. The highest BCUT2D eigenvalue weighted by Crippen LogP contribution is 2.35. The third kappa shape index (κ3) is 3.89. The standard InChI is InChI=1S/C19H25N3O4/c1-19(2,3)15-11-14(22-5-4-16(23)20-18(22)25)10-13(17(15)24)12-21-6-8-26-9-7-21/h4-5,10-11,24H,6-9,12H2,1-3H3,(H,20,23,25). The van der Waals surface area contributed by atoms with Crippen molar-refractivity contribution in [3.63, 3.8) is 0 Å². The maximum absolute atomic E-state index is 12.2. The number of nitrogens with zero attached hydrogens (tertiary/aromatic N) is 2. The predicted octanol–water partition coefficient (Wildman–Crippen LogP) is 1.36. The lowest BCUT2D eigenvalue weighted by molar-refractivity contribution is 0.0338. The minimum absolute atomic E-state index is 0.255. The third-order valence-electron chi connectivity index (χ3n) is 4.58. The molecule has 0 bridgehead atoms. The smallest absolute Gasteiger partial charge is 0.332 e. The van der Waals surface area contributed by atoms with Crippen molar-refractivity contribution in [1.29, 1.82) is 0 Å². The second kappa shape index (κ2) is 7.09. The van der Waals surface area contributed by atoms with E-state index < -0.39 is 11.2 Å². The van der Waals surface area contributed by atoms with Gasteiger partial charge >= 0.3 is 5.69 Å². The highest BCUT2D eigenvalue weighted by Gasteiger charge is 2.23. The molecule has 0 spiro atoms. The Bertz CT molecular complexity index is 902.